The van der Waals surface area contributed by atoms with E-state index in [1.807, 2.05) is 45.0 Å². The zero-order valence-corrected chi connectivity index (χ0v) is 10.7. The zero-order valence-electron chi connectivity index (χ0n) is 10.7. The summed E-state index contributed by atoms with van der Waals surface area (Å²) in [5.74, 6) is -1.13. The SMILES string of the molecule is CC(C)=CCC[C@@H](C(=O)O)c1ccccc1C. The molecule has 0 spiro atoms. The first-order chi connectivity index (χ1) is 8.02. The van der Waals surface area contributed by atoms with Gasteiger partial charge in [0.05, 0.1) is 5.92 Å². The first kappa shape index (κ1) is 13.5. The first-order valence-electron chi connectivity index (χ1n) is 5.94. The van der Waals surface area contributed by atoms with Gasteiger partial charge in [-0.15, -0.1) is 0 Å². The fourth-order valence-electron chi connectivity index (χ4n) is 1.93. The van der Waals surface area contributed by atoms with Gasteiger partial charge in [-0.25, -0.2) is 0 Å². The van der Waals surface area contributed by atoms with E-state index in [1.165, 1.54) is 5.57 Å². The number of hydrogen-bond donors (Lipinski definition) is 1. The van der Waals surface area contributed by atoms with Gasteiger partial charge in [0, 0.05) is 0 Å². The molecule has 2 nitrogen and oxygen atoms in total. The summed E-state index contributed by atoms with van der Waals surface area (Å²) in [5.41, 5.74) is 3.22. The molecule has 0 fully saturated rings. The van der Waals surface area contributed by atoms with Crippen LogP contribution >= 0.6 is 0 Å². The highest BCUT2D eigenvalue weighted by molar-refractivity contribution is 5.76. The normalized spacial score (nSPS) is 11.9. The van der Waals surface area contributed by atoms with Crippen molar-refractivity contribution in [1.29, 1.82) is 0 Å². The summed E-state index contributed by atoms with van der Waals surface area (Å²) in [6.45, 7) is 6.03. The molecule has 17 heavy (non-hydrogen) atoms. The lowest BCUT2D eigenvalue weighted by Gasteiger charge is -2.14. The lowest BCUT2D eigenvalue weighted by molar-refractivity contribution is -0.138. The minimum atomic E-state index is -0.735. The zero-order chi connectivity index (χ0) is 12.8. The predicted molar refractivity (Wildman–Crippen MR) is 70.2 cm³/mol. The fourth-order valence-corrected chi connectivity index (χ4v) is 1.93. The standard InChI is InChI=1S/C15H20O2/c1-11(2)7-6-10-14(15(16)17)13-9-5-4-8-12(13)3/h4-5,7-9,14H,6,10H2,1-3H3,(H,16,17)/t14-/m1/s1. The van der Waals surface area contributed by atoms with E-state index in [0.29, 0.717) is 6.42 Å². The number of aliphatic carboxylic acids is 1. The van der Waals surface area contributed by atoms with E-state index in [0.717, 1.165) is 17.5 Å². The largest absolute Gasteiger partial charge is 0.481 e. The average molecular weight is 232 g/mol. The molecule has 0 unspecified atom stereocenters. The Morgan fingerprint density at radius 2 is 2.00 bits per heavy atom. The molecule has 0 heterocycles. The number of benzene rings is 1. The van der Waals surface area contributed by atoms with E-state index < -0.39 is 11.9 Å². The van der Waals surface area contributed by atoms with E-state index in [-0.39, 0.29) is 0 Å². The molecule has 92 valence electrons. The van der Waals surface area contributed by atoms with Gasteiger partial charge in [-0.3, -0.25) is 4.79 Å². The quantitative estimate of drug-likeness (QED) is 0.781. The summed E-state index contributed by atoms with van der Waals surface area (Å²) < 4.78 is 0. The van der Waals surface area contributed by atoms with E-state index in [2.05, 4.69) is 6.08 Å². The smallest absolute Gasteiger partial charge is 0.310 e. The summed E-state index contributed by atoms with van der Waals surface area (Å²) in [5, 5.41) is 9.30. The molecule has 1 aromatic rings. The van der Waals surface area contributed by atoms with Crippen molar-refractivity contribution >= 4 is 5.97 Å². The predicted octanol–water partition coefficient (Wildman–Crippen LogP) is 3.91. The third-order valence-corrected chi connectivity index (χ3v) is 2.87. The van der Waals surface area contributed by atoms with Crippen molar-refractivity contribution in [2.45, 2.75) is 39.5 Å². The Bertz CT molecular complexity index is 415. The van der Waals surface area contributed by atoms with Gasteiger partial charge in [-0.1, -0.05) is 35.9 Å². The van der Waals surface area contributed by atoms with Crippen molar-refractivity contribution < 1.29 is 9.90 Å². The van der Waals surface area contributed by atoms with Crippen molar-refractivity contribution in [2.24, 2.45) is 0 Å². The van der Waals surface area contributed by atoms with Gasteiger partial charge in [-0.05, 0) is 44.7 Å². The second-order valence-corrected chi connectivity index (χ2v) is 4.61. The first-order valence-corrected chi connectivity index (χ1v) is 5.94. The molecule has 0 aliphatic heterocycles. The summed E-state index contributed by atoms with van der Waals surface area (Å²) in [4.78, 5) is 11.3. The molecule has 1 rings (SSSR count). The third-order valence-electron chi connectivity index (χ3n) is 2.87. The Labute approximate surface area is 103 Å². The van der Waals surface area contributed by atoms with Gasteiger partial charge in [0.25, 0.3) is 0 Å². The number of carbonyl (C=O) groups is 1. The highest BCUT2D eigenvalue weighted by atomic mass is 16.4. The molecule has 1 aromatic carbocycles. The average Bonchev–Trinajstić information content (AvgIpc) is 2.25. The van der Waals surface area contributed by atoms with Crippen LogP contribution in [-0.2, 0) is 4.79 Å². The maximum Gasteiger partial charge on any atom is 0.310 e. The van der Waals surface area contributed by atoms with Crippen LogP contribution in [0.3, 0.4) is 0 Å². The molecule has 1 atom stereocenters. The van der Waals surface area contributed by atoms with Crippen molar-refractivity contribution in [1.82, 2.24) is 0 Å². The Balaban J connectivity index is 2.84. The number of allylic oxidation sites excluding steroid dienone is 2. The van der Waals surface area contributed by atoms with Crippen molar-refractivity contribution in [3.8, 4) is 0 Å². The molecule has 2 heteroatoms. The monoisotopic (exact) mass is 232 g/mol. The van der Waals surface area contributed by atoms with E-state index in [1.54, 1.807) is 0 Å². The van der Waals surface area contributed by atoms with Crippen LogP contribution in [0.5, 0.6) is 0 Å². The lowest BCUT2D eigenvalue weighted by atomic mass is 9.91. The van der Waals surface area contributed by atoms with Gasteiger partial charge in [0.15, 0.2) is 0 Å². The van der Waals surface area contributed by atoms with Crippen LogP contribution < -0.4 is 0 Å². The fraction of sp³-hybridized carbons (Fsp3) is 0.400. The second kappa shape index (κ2) is 6.24. The Kier molecular flexibility index (Phi) is 4.95. The third kappa shape index (κ3) is 4.06. The number of rotatable bonds is 5. The molecule has 0 aliphatic rings. The number of hydrogen-bond acceptors (Lipinski definition) is 1. The molecule has 0 amide bonds. The minimum Gasteiger partial charge on any atom is -0.481 e. The second-order valence-electron chi connectivity index (χ2n) is 4.61. The molecular weight excluding hydrogens is 212 g/mol. The van der Waals surface area contributed by atoms with E-state index in [4.69, 9.17) is 0 Å². The number of carboxylic acids is 1. The molecule has 0 aromatic heterocycles. The summed E-state index contributed by atoms with van der Waals surface area (Å²) in [7, 11) is 0. The van der Waals surface area contributed by atoms with Gasteiger partial charge in [0.2, 0.25) is 0 Å². The van der Waals surface area contributed by atoms with Gasteiger partial charge in [-0.2, -0.15) is 0 Å². The highest BCUT2D eigenvalue weighted by Crippen LogP contribution is 2.25. The van der Waals surface area contributed by atoms with Crippen LogP contribution in [0.1, 0.15) is 43.7 Å². The van der Waals surface area contributed by atoms with Crippen LogP contribution in [0, 0.1) is 6.92 Å². The minimum absolute atomic E-state index is 0.396. The Morgan fingerprint density at radius 1 is 1.35 bits per heavy atom. The number of aryl methyl sites for hydroxylation is 1. The van der Waals surface area contributed by atoms with Gasteiger partial charge >= 0.3 is 5.97 Å². The molecule has 0 bridgehead atoms. The van der Waals surface area contributed by atoms with Crippen LogP contribution in [-0.4, -0.2) is 11.1 Å². The van der Waals surface area contributed by atoms with Gasteiger partial charge < -0.3 is 5.11 Å². The Morgan fingerprint density at radius 3 is 2.53 bits per heavy atom. The summed E-state index contributed by atoms with van der Waals surface area (Å²) in [6, 6.07) is 7.72. The molecular formula is C15H20O2. The van der Waals surface area contributed by atoms with E-state index in [9.17, 15) is 9.90 Å². The molecule has 0 aliphatic carbocycles. The maximum absolute atomic E-state index is 11.3. The van der Waals surface area contributed by atoms with E-state index >= 15 is 0 Å². The molecule has 0 radical (unpaired) electrons. The number of carboxylic acid groups (broad SMARTS) is 1. The lowest BCUT2D eigenvalue weighted by Crippen LogP contribution is -2.12. The topological polar surface area (TPSA) is 37.3 Å². The highest BCUT2D eigenvalue weighted by Gasteiger charge is 2.20. The van der Waals surface area contributed by atoms with Crippen molar-refractivity contribution in [3.63, 3.8) is 0 Å². The molecule has 0 saturated carbocycles. The van der Waals surface area contributed by atoms with Gasteiger partial charge in [0.1, 0.15) is 0 Å². The van der Waals surface area contributed by atoms with Crippen LogP contribution in [0.25, 0.3) is 0 Å². The molecule has 0 saturated heterocycles. The van der Waals surface area contributed by atoms with Crippen LogP contribution in [0.15, 0.2) is 35.9 Å². The Hall–Kier alpha value is -1.57. The van der Waals surface area contributed by atoms with Crippen molar-refractivity contribution in [2.75, 3.05) is 0 Å². The van der Waals surface area contributed by atoms with Crippen LogP contribution in [0.4, 0.5) is 0 Å². The molecule has 1 N–H and O–H groups in total. The summed E-state index contributed by atoms with van der Waals surface area (Å²) in [6.07, 6.45) is 3.56. The van der Waals surface area contributed by atoms with Crippen LogP contribution in [0.2, 0.25) is 0 Å². The maximum atomic E-state index is 11.3. The van der Waals surface area contributed by atoms with Crippen molar-refractivity contribution in [3.05, 3.63) is 47.0 Å². The summed E-state index contributed by atoms with van der Waals surface area (Å²) >= 11 is 0.